The Kier molecular flexibility index (Phi) is 7.86. The first-order valence-electron chi connectivity index (χ1n) is 15.4. The van der Waals surface area contributed by atoms with Gasteiger partial charge in [-0.15, -0.1) is 0 Å². The van der Waals surface area contributed by atoms with Gasteiger partial charge in [-0.3, -0.25) is 39.1 Å². The van der Waals surface area contributed by atoms with Gasteiger partial charge in [-0.25, -0.2) is 0 Å². The minimum atomic E-state index is -5.19. The minimum absolute atomic E-state index is 0.0140. The lowest BCUT2D eigenvalue weighted by molar-refractivity contribution is 0.0980. The molecule has 3 aromatic rings. The van der Waals surface area contributed by atoms with Crippen LogP contribution in [-0.2, 0) is 20.2 Å². The number of carbonyl (C=O) groups is 2. The summed E-state index contributed by atoms with van der Waals surface area (Å²) in [5, 5.41) is 12.7. The van der Waals surface area contributed by atoms with E-state index in [2.05, 4.69) is 15.8 Å². The monoisotopic (exact) mass is 714 g/mol. The van der Waals surface area contributed by atoms with Gasteiger partial charge in [0.2, 0.25) is 0 Å². The summed E-state index contributed by atoms with van der Waals surface area (Å²) in [6.45, 7) is 0. The second-order valence-electron chi connectivity index (χ2n) is 12.1. The number of rotatable bonds is 6. The lowest BCUT2D eigenvalue weighted by atomic mass is 9.82. The molecule has 0 atom stereocenters. The maximum Gasteiger partial charge on any atom is 0.296 e. The number of benzene rings is 3. The van der Waals surface area contributed by atoms with Crippen molar-refractivity contribution in [2.45, 2.75) is 47.9 Å². The number of ketones is 2. The first-order valence-corrected chi connectivity index (χ1v) is 18.2. The third-order valence-corrected chi connectivity index (χ3v) is 10.9. The van der Waals surface area contributed by atoms with E-state index in [1.54, 1.807) is 6.07 Å². The summed E-state index contributed by atoms with van der Waals surface area (Å²) < 4.78 is 71.0. The standard InChI is InChI=1S/C34H26N4O10S2/c35-29-23(49(43,44)45)15-22(26-27(29)33(41)19-12-6-4-10-17(19)32(26)40)37-38-30-24(50(46,47)48)14-21(36-16-8-2-1-3-9-16)25-28(30)34(42)20-13-7-5-11-18(20)31(25)39/h4-7,10-16,35-36,38H,1-3,8-9H2,(H,43,44,45)(H,46,47,48). The Hall–Kier alpha value is -5.42. The van der Waals surface area contributed by atoms with Crippen molar-refractivity contribution in [3.05, 3.63) is 125 Å². The Labute approximate surface area is 282 Å². The molecule has 3 aromatic carbocycles. The van der Waals surface area contributed by atoms with Crippen molar-refractivity contribution >= 4 is 53.9 Å². The van der Waals surface area contributed by atoms with E-state index >= 15 is 0 Å². The van der Waals surface area contributed by atoms with E-state index in [0.29, 0.717) is 18.9 Å². The van der Waals surface area contributed by atoms with Crippen molar-refractivity contribution < 1.29 is 35.5 Å². The van der Waals surface area contributed by atoms with Crippen LogP contribution in [0.25, 0.3) is 10.8 Å². The molecule has 0 amide bonds. The van der Waals surface area contributed by atoms with Gasteiger partial charge < -0.3 is 5.32 Å². The zero-order valence-corrected chi connectivity index (χ0v) is 27.4. The predicted octanol–water partition coefficient (Wildman–Crippen LogP) is 2.58. The van der Waals surface area contributed by atoms with E-state index < -0.39 is 84.9 Å². The van der Waals surface area contributed by atoms with Gasteiger partial charge in [-0.2, -0.15) is 21.9 Å². The Morgan fingerprint density at radius 1 is 0.700 bits per heavy atom. The van der Waals surface area contributed by atoms with Gasteiger partial charge in [-0.05, 0) is 25.0 Å². The van der Waals surface area contributed by atoms with Crippen molar-refractivity contribution in [3.8, 4) is 0 Å². The zero-order chi connectivity index (χ0) is 35.7. The van der Waals surface area contributed by atoms with Gasteiger partial charge in [0.25, 0.3) is 20.2 Å². The molecule has 16 heteroatoms. The van der Waals surface area contributed by atoms with E-state index in [4.69, 9.17) is 5.41 Å². The van der Waals surface area contributed by atoms with Crippen molar-refractivity contribution in [2.24, 2.45) is 5.10 Å². The Morgan fingerprint density at radius 2 is 1.24 bits per heavy atom. The summed E-state index contributed by atoms with van der Waals surface area (Å²) in [7, 11) is -10.4. The largest absolute Gasteiger partial charge is 0.382 e. The van der Waals surface area contributed by atoms with Crippen molar-refractivity contribution in [3.63, 3.8) is 0 Å². The molecule has 0 bridgehead atoms. The Morgan fingerprint density at radius 3 is 1.82 bits per heavy atom. The van der Waals surface area contributed by atoms with Crippen LogP contribution in [0.1, 0.15) is 63.9 Å². The molecule has 0 unspecified atom stereocenters. The van der Waals surface area contributed by atoms with Crippen LogP contribution in [-0.4, -0.2) is 43.5 Å². The average Bonchev–Trinajstić information content (AvgIpc) is 3.08. The number of nitrogens with zero attached hydrogens (tertiary/aromatic N) is 1. The molecule has 14 nitrogen and oxygen atoms in total. The molecule has 4 aliphatic carbocycles. The first-order chi connectivity index (χ1) is 23.7. The summed E-state index contributed by atoms with van der Waals surface area (Å²) in [5.74, 6) is -1.42. The minimum Gasteiger partial charge on any atom is -0.382 e. The predicted molar refractivity (Wildman–Crippen MR) is 179 cm³/mol. The Bertz CT molecular complexity index is 2860. The van der Waals surface area contributed by atoms with E-state index in [9.17, 15) is 45.1 Å². The van der Waals surface area contributed by atoms with E-state index in [1.807, 2.05) is 0 Å². The van der Waals surface area contributed by atoms with E-state index in [-0.39, 0.29) is 39.2 Å². The van der Waals surface area contributed by atoms with Crippen molar-refractivity contribution in [1.29, 1.82) is 5.41 Å². The topological polar surface area (TPSA) is 237 Å². The van der Waals surface area contributed by atoms with Gasteiger partial charge in [0.1, 0.15) is 9.79 Å². The van der Waals surface area contributed by atoms with Crippen LogP contribution in [0.5, 0.6) is 0 Å². The third kappa shape index (κ3) is 5.32. The summed E-state index contributed by atoms with van der Waals surface area (Å²) in [6, 6.07) is 12.9. The van der Waals surface area contributed by atoms with Crippen molar-refractivity contribution in [1.82, 2.24) is 0 Å². The molecular formula is C34H26N4O10S2. The molecule has 0 aromatic heterocycles. The summed E-state index contributed by atoms with van der Waals surface area (Å²) in [6.07, 6.45) is 4.14. The second kappa shape index (κ2) is 11.9. The highest BCUT2D eigenvalue weighted by atomic mass is 32.2. The zero-order valence-electron chi connectivity index (χ0n) is 25.8. The van der Waals surface area contributed by atoms with Crippen LogP contribution in [0.2, 0.25) is 0 Å². The summed E-state index contributed by atoms with van der Waals surface area (Å²) >= 11 is 0. The molecule has 4 aliphatic rings. The van der Waals surface area contributed by atoms with E-state index in [0.717, 1.165) is 25.3 Å². The number of anilines is 2. The molecule has 7 rings (SSSR count). The first kappa shape index (κ1) is 33.1. The van der Waals surface area contributed by atoms with Gasteiger partial charge in [-0.1, -0.05) is 67.8 Å². The molecule has 0 aliphatic heterocycles. The number of hydrogen-bond donors (Lipinski definition) is 5. The molecule has 0 spiro atoms. The lowest BCUT2D eigenvalue weighted by Gasteiger charge is -2.28. The number of hydrogen-bond acceptors (Lipinski definition) is 12. The SMILES string of the molecule is N=c1c(S(=O)(=O)O)cc(=NNc2c(S(=O)(=O)O)cc(NC3CCCCC3)c3c2C(=O)c2ccccc2C3=O)c2c(=O)c3ccccc3c(=O)c1=2. The second-order valence-corrected chi connectivity index (χ2v) is 14.9. The molecule has 254 valence electrons. The van der Waals surface area contributed by atoms with Crippen LogP contribution in [0.3, 0.4) is 0 Å². The smallest absolute Gasteiger partial charge is 0.296 e. The molecular weight excluding hydrogens is 689 g/mol. The fourth-order valence-electron chi connectivity index (χ4n) is 6.82. The molecule has 50 heavy (non-hydrogen) atoms. The lowest BCUT2D eigenvalue weighted by Crippen LogP contribution is -2.32. The third-order valence-electron chi connectivity index (χ3n) is 9.11. The quantitative estimate of drug-likeness (QED) is 0.124. The maximum absolute atomic E-state index is 14.1. The van der Waals surface area contributed by atoms with Crippen LogP contribution in [0, 0.1) is 15.8 Å². The highest BCUT2D eigenvalue weighted by Gasteiger charge is 2.38. The maximum atomic E-state index is 14.1. The van der Waals surface area contributed by atoms with Crippen LogP contribution in [0.4, 0.5) is 11.4 Å². The fraction of sp³-hybridized carbons (Fsp3) is 0.176. The molecule has 1 saturated carbocycles. The molecule has 0 saturated heterocycles. The Balaban J connectivity index is 1.58. The number of nitrogens with one attached hydrogen (secondary N) is 3. The average molecular weight is 715 g/mol. The molecule has 0 heterocycles. The normalized spacial score (nSPS) is 15.7. The van der Waals surface area contributed by atoms with Gasteiger partial charge in [0.05, 0.1) is 38.0 Å². The highest BCUT2D eigenvalue weighted by Crippen LogP contribution is 2.41. The van der Waals surface area contributed by atoms with Gasteiger partial charge in [0.15, 0.2) is 22.4 Å². The van der Waals surface area contributed by atoms with E-state index in [1.165, 1.54) is 42.5 Å². The van der Waals surface area contributed by atoms with Crippen LogP contribution >= 0.6 is 0 Å². The van der Waals surface area contributed by atoms with Gasteiger partial charge >= 0.3 is 0 Å². The van der Waals surface area contributed by atoms with Crippen molar-refractivity contribution in [2.75, 3.05) is 10.7 Å². The summed E-state index contributed by atoms with van der Waals surface area (Å²) in [5.41, 5.74) is -0.745. The number of carbonyl (C=O) groups excluding carboxylic acids is 2. The van der Waals surface area contributed by atoms with Crippen LogP contribution in [0.15, 0.2) is 85.1 Å². The molecule has 0 radical (unpaired) electrons. The molecule has 1 fully saturated rings. The van der Waals surface area contributed by atoms with Crippen LogP contribution < -0.4 is 32.3 Å². The molecule has 5 N–H and O–H groups in total. The highest BCUT2D eigenvalue weighted by molar-refractivity contribution is 7.86. The summed E-state index contributed by atoms with van der Waals surface area (Å²) in [4.78, 5) is 53.5. The number of fused-ring (bicyclic) bond motifs is 3. The van der Waals surface area contributed by atoms with Gasteiger partial charge in [0, 0.05) is 33.6 Å². The fourth-order valence-corrected chi connectivity index (χ4v) is 8.12.